The molecule has 0 saturated heterocycles. The number of benzene rings is 1. The molecule has 1 aromatic rings. The van der Waals surface area contributed by atoms with Gasteiger partial charge in [-0.1, -0.05) is 13.0 Å². The smallest absolute Gasteiger partial charge is 0.262 e. The first-order chi connectivity index (χ1) is 11.4. The highest BCUT2D eigenvalue weighted by atomic mass is 16.5. The summed E-state index contributed by atoms with van der Waals surface area (Å²) in [6.45, 7) is 3.53. The van der Waals surface area contributed by atoms with Gasteiger partial charge in [0.15, 0.2) is 18.1 Å². The molecule has 1 aromatic carbocycles. The topological polar surface area (TPSA) is 114 Å². The third-order valence-corrected chi connectivity index (χ3v) is 3.22. The Labute approximate surface area is 141 Å². The van der Waals surface area contributed by atoms with Crippen LogP contribution in [-0.2, 0) is 9.59 Å². The molecule has 128 valence electrons. The molecular weight excluding hydrogens is 310 g/mol. The van der Waals surface area contributed by atoms with Crippen LogP contribution in [0.25, 0.3) is 6.08 Å². The van der Waals surface area contributed by atoms with Crippen LogP contribution in [0.4, 0.5) is 0 Å². The van der Waals surface area contributed by atoms with Crippen LogP contribution in [-0.4, -0.2) is 31.6 Å². The van der Waals surface area contributed by atoms with Gasteiger partial charge in [-0.15, -0.1) is 0 Å². The van der Waals surface area contributed by atoms with Crippen LogP contribution in [0.3, 0.4) is 0 Å². The summed E-state index contributed by atoms with van der Waals surface area (Å²) < 4.78 is 10.4. The number of nitriles is 1. The van der Waals surface area contributed by atoms with Crippen molar-refractivity contribution in [2.24, 2.45) is 5.73 Å². The molecule has 1 rings (SSSR count). The molecule has 0 aromatic heterocycles. The fourth-order valence-corrected chi connectivity index (χ4v) is 1.76. The number of ether oxygens (including phenoxy) is 2. The molecule has 0 heterocycles. The summed E-state index contributed by atoms with van der Waals surface area (Å²) in [5.41, 5.74) is 5.62. The lowest BCUT2D eigenvalue weighted by Crippen LogP contribution is -2.32. The van der Waals surface area contributed by atoms with E-state index >= 15 is 0 Å². The van der Waals surface area contributed by atoms with Gasteiger partial charge in [0.1, 0.15) is 11.6 Å². The van der Waals surface area contributed by atoms with Crippen LogP contribution in [0.2, 0.25) is 0 Å². The molecule has 24 heavy (non-hydrogen) atoms. The Balaban J connectivity index is 3.01. The van der Waals surface area contributed by atoms with E-state index in [4.69, 9.17) is 15.2 Å². The van der Waals surface area contributed by atoms with Gasteiger partial charge < -0.3 is 20.5 Å². The molecule has 3 N–H and O–H groups in total. The first kappa shape index (κ1) is 19.0. The molecule has 0 aliphatic carbocycles. The fraction of sp³-hybridized carbons (Fsp3) is 0.353. The highest BCUT2D eigenvalue weighted by Crippen LogP contribution is 2.28. The number of carbonyl (C=O) groups excluding carboxylic acids is 2. The molecule has 0 aliphatic heterocycles. The van der Waals surface area contributed by atoms with E-state index in [1.165, 1.54) is 13.2 Å². The van der Waals surface area contributed by atoms with Gasteiger partial charge in [-0.25, -0.2) is 0 Å². The van der Waals surface area contributed by atoms with Crippen molar-refractivity contribution in [2.75, 3.05) is 13.7 Å². The first-order valence-corrected chi connectivity index (χ1v) is 7.43. The van der Waals surface area contributed by atoms with E-state index in [9.17, 15) is 14.9 Å². The van der Waals surface area contributed by atoms with Crippen molar-refractivity contribution in [2.45, 2.75) is 26.3 Å². The summed E-state index contributed by atoms with van der Waals surface area (Å²) in [6, 6.07) is 6.69. The molecule has 0 spiro atoms. The van der Waals surface area contributed by atoms with Crippen molar-refractivity contribution in [3.8, 4) is 17.6 Å². The monoisotopic (exact) mass is 331 g/mol. The largest absolute Gasteiger partial charge is 0.493 e. The lowest BCUT2D eigenvalue weighted by atomic mass is 10.1. The molecule has 7 nitrogen and oxygen atoms in total. The van der Waals surface area contributed by atoms with E-state index in [0.29, 0.717) is 17.1 Å². The van der Waals surface area contributed by atoms with Crippen LogP contribution in [0.5, 0.6) is 11.5 Å². The SMILES string of the molecule is CC[C@H](C)NC(=O)/C(C#N)=C/c1ccc(OCC(N)=O)c(OC)c1. The van der Waals surface area contributed by atoms with Gasteiger partial charge in [-0.05, 0) is 37.1 Å². The van der Waals surface area contributed by atoms with Crippen molar-refractivity contribution >= 4 is 17.9 Å². The predicted molar refractivity (Wildman–Crippen MR) is 89.2 cm³/mol. The number of carbonyl (C=O) groups is 2. The van der Waals surface area contributed by atoms with E-state index in [-0.39, 0.29) is 18.2 Å². The summed E-state index contributed by atoms with van der Waals surface area (Å²) in [4.78, 5) is 22.8. The number of nitrogens with zero attached hydrogens (tertiary/aromatic N) is 1. The molecule has 2 amide bonds. The molecule has 7 heteroatoms. The van der Waals surface area contributed by atoms with Gasteiger partial charge in [0.25, 0.3) is 11.8 Å². The number of amides is 2. The zero-order chi connectivity index (χ0) is 18.1. The molecule has 1 atom stereocenters. The van der Waals surface area contributed by atoms with E-state index < -0.39 is 11.8 Å². The average Bonchev–Trinajstić information content (AvgIpc) is 2.57. The minimum absolute atomic E-state index is 0.0110. The molecule has 0 aliphatic rings. The molecule has 0 bridgehead atoms. The molecule has 0 fully saturated rings. The third-order valence-electron chi connectivity index (χ3n) is 3.22. The number of hydrogen-bond donors (Lipinski definition) is 2. The lowest BCUT2D eigenvalue weighted by molar-refractivity contribution is -0.120. The maximum Gasteiger partial charge on any atom is 0.262 e. The quantitative estimate of drug-likeness (QED) is 0.552. The van der Waals surface area contributed by atoms with Crippen molar-refractivity contribution in [3.63, 3.8) is 0 Å². The summed E-state index contributed by atoms with van der Waals surface area (Å²) in [5, 5.41) is 11.9. The van der Waals surface area contributed by atoms with E-state index in [2.05, 4.69) is 5.32 Å². The Morgan fingerprint density at radius 3 is 2.67 bits per heavy atom. The number of nitrogens with two attached hydrogens (primary N) is 1. The van der Waals surface area contributed by atoms with Crippen molar-refractivity contribution in [1.29, 1.82) is 5.26 Å². The Hall–Kier alpha value is -3.01. The Kier molecular flexibility index (Phi) is 7.30. The van der Waals surface area contributed by atoms with Crippen molar-refractivity contribution in [1.82, 2.24) is 5.32 Å². The number of nitrogens with one attached hydrogen (secondary N) is 1. The van der Waals surface area contributed by atoms with Crippen LogP contribution < -0.4 is 20.5 Å². The van der Waals surface area contributed by atoms with Crippen LogP contribution in [0.1, 0.15) is 25.8 Å². The zero-order valence-corrected chi connectivity index (χ0v) is 14.0. The summed E-state index contributed by atoms with van der Waals surface area (Å²) in [7, 11) is 1.45. The van der Waals surface area contributed by atoms with E-state index in [1.54, 1.807) is 18.2 Å². The highest BCUT2D eigenvalue weighted by molar-refractivity contribution is 6.01. The molecule has 0 radical (unpaired) electrons. The van der Waals surface area contributed by atoms with Crippen LogP contribution in [0.15, 0.2) is 23.8 Å². The Morgan fingerprint density at radius 2 is 2.12 bits per heavy atom. The van der Waals surface area contributed by atoms with E-state index in [0.717, 1.165) is 6.42 Å². The number of hydrogen-bond acceptors (Lipinski definition) is 5. The summed E-state index contributed by atoms with van der Waals surface area (Å²) in [5.74, 6) is -0.324. The lowest BCUT2D eigenvalue weighted by Gasteiger charge is -2.11. The highest BCUT2D eigenvalue weighted by Gasteiger charge is 2.12. The summed E-state index contributed by atoms with van der Waals surface area (Å²) >= 11 is 0. The number of primary amides is 1. The fourth-order valence-electron chi connectivity index (χ4n) is 1.76. The number of rotatable bonds is 8. The molecular formula is C17H21N3O4. The normalized spacial score (nSPS) is 12.0. The second-order valence-corrected chi connectivity index (χ2v) is 5.12. The van der Waals surface area contributed by atoms with Gasteiger partial charge in [-0.3, -0.25) is 9.59 Å². The van der Waals surface area contributed by atoms with Gasteiger partial charge in [0.2, 0.25) is 0 Å². The maximum atomic E-state index is 12.0. The number of methoxy groups -OCH3 is 1. The van der Waals surface area contributed by atoms with Gasteiger partial charge >= 0.3 is 0 Å². The zero-order valence-electron chi connectivity index (χ0n) is 14.0. The minimum Gasteiger partial charge on any atom is -0.493 e. The maximum absolute atomic E-state index is 12.0. The second kappa shape index (κ2) is 9.20. The Bertz CT molecular complexity index is 677. The minimum atomic E-state index is -0.602. The van der Waals surface area contributed by atoms with E-state index in [1.807, 2.05) is 19.9 Å². The van der Waals surface area contributed by atoms with Crippen LogP contribution >= 0.6 is 0 Å². The average molecular weight is 331 g/mol. The van der Waals surface area contributed by atoms with Crippen LogP contribution in [0, 0.1) is 11.3 Å². The Morgan fingerprint density at radius 1 is 1.42 bits per heavy atom. The van der Waals surface area contributed by atoms with Gasteiger partial charge in [0, 0.05) is 6.04 Å². The third kappa shape index (κ3) is 5.65. The summed E-state index contributed by atoms with van der Waals surface area (Å²) in [6.07, 6.45) is 2.22. The van der Waals surface area contributed by atoms with Gasteiger partial charge in [-0.2, -0.15) is 5.26 Å². The standard InChI is InChI=1S/C17H21N3O4/c1-4-11(2)20-17(22)13(9-18)7-12-5-6-14(15(8-12)23-3)24-10-16(19)21/h5-8,11H,4,10H2,1-3H3,(H2,19,21)(H,20,22)/b13-7+/t11-/m0/s1. The van der Waals surface area contributed by atoms with Crippen molar-refractivity contribution in [3.05, 3.63) is 29.3 Å². The predicted octanol–water partition coefficient (Wildman–Crippen LogP) is 1.38. The molecule has 0 saturated carbocycles. The second-order valence-electron chi connectivity index (χ2n) is 5.12. The van der Waals surface area contributed by atoms with Gasteiger partial charge in [0.05, 0.1) is 7.11 Å². The first-order valence-electron chi connectivity index (χ1n) is 7.43. The molecule has 0 unspecified atom stereocenters. The van der Waals surface area contributed by atoms with Crippen molar-refractivity contribution < 1.29 is 19.1 Å².